The predicted molar refractivity (Wildman–Crippen MR) is 67.2 cm³/mol. The number of hydrazine groups is 1. The fourth-order valence-electron chi connectivity index (χ4n) is 2.03. The Kier molecular flexibility index (Phi) is 8.84. The third kappa shape index (κ3) is 4.37. The molecule has 1 unspecified atom stereocenters. The second kappa shape index (κ2) is 8.93. The van der Waals surface area contributed by atoms with Gasteiger partial charge < -0.3 is 9.47 Å². The zero-order valence-corrected chi connectivity index (χ0v) is 11.2. The van der Waals surface area contributed by atoms with Gasteiger partial charge in [0.25, 0.3) is 0 Å². The van der Waals surface area contributed by atoms with E-state index in [2.05, 4.69) is 26.2 Å². The number of hydrogen-bond acceptors (Lipinski definition) is 4. The Morgan fingerprint density at radius 3 is 2.19 bits per heavy atom. The summed E-state index contributed by atoms with van der Waals surface area (Å²) < 4.78 is 11.5. The highest BCUT2D eigenvalue weighted by atomic mass is 16.5. The lowest BCUT2D eigenvalue weighted by Gasteiger charge is -2.38. The Morgan fingerprint density at radius 1 is 1.19 bits per heavy atom. The zero-order valence-electron chi connectivity index (χ0n) is 11.2. The molecule has 0 aromatic rings. The van der Waals surface area contributed by atoms with Crippen molar-refractivity contribution in [2.45, 2.75) is 58.6 Å². The van der Waals surface area contributed by atoms with Crippen LogP contribution in [-0.4, -0.2) is 31.5 Å². The minimum absolute atomic E-state index is 0.0500. The molecule has 0 spiro atoms. The first-order chi connectivity index (χ1) is 7.70. The Hall–Kier alpha value is -0.160. The Morgan fingerprint density at radius 2 is 1.81 bits per heavy atom. The maximum atomic E-state index is 5.89. The van der Waals surface area contributed by atoms with Gasteiger partial charge in [0.05, 0.1) is 18.2 Å². The number of hydrogen-bond donors (Lipinski definition) is 2. The molecule has 0 aliphatic rings. The van der Waals surface area contributed by atoms with Crippen LogP contribution in [0.1, 0.15) is 47.0 Å². The van der Waals surface area contributed by atoms with E-state index in [0.717, 1.165) is 25.9 Å². The van der Waals surface area contributed by atoms with E-state index in [9.17, 15) is 0 Å². The molecule has 3 N–H and O–H groups in total. The maximum absolute atomic E-state index is 5.89. The van der Waals surface area contributed by atoms with Gasteiger partial charge in [0, 0.05) is 13.2 Å². The van der Waals surface area contributed by atoms with Crippen LogP contribution in [0.5, 0.6) is 0 Å². The smallest absolute Gasteiger partial charge is 0.0865 e. The second-order valence-electron chi connectivity index (χ2n) is 4.00. The second-order valence-corrected chi connectivity index (χ2v) is 4.00. The van der Waals surface area contributed by atoms with Gasteiger partial charge in [-0.25, -0.2) is 0 Å². The van der Waals surface area contributed by atoms with Gasteiger partial charge in [-0.15, -0.1) is 0 Å². The molecule has 4 heteroatoms. The average molecular weight is 232 g/mol. The van der Waals surface area contributed by atoms with Crippen LogP contribution >= 0.6 is 0 Å². The summed E-state index contributed by atoms with van der Waals surface area (Å²) in [6.07, 6.45) is 2.89. The van der Waals surface area contributed by atoms with Gasteiger partial charge in [-0.3, -0.25) is 11.3 Å². The number of nitrogens with two attached hydrogens (primary N) is 1. The normalized spacial score (nSPS) is 14.1. The van der Waals surface area contributed by atoms with E-state index < -0.39 is 0 Å². The first-order valence-corrected chi connectivity index (χ1v) is 6.38. The molecule has 0 saturated heterocycles. The van der Waals surface area contributed by atoms with Crippen LogP contribution in [0.4, 0.5) is 0 Å². The minimum atomic E-state index is -0.211. The average Bonchev–Trinajstić information content (AvgIpc) is 2.32. The summed E-state index contributed by atoms with van der Waals surface area (Å²) in [5.41, 5.74) is 2.63. The minimum Gasteiger partial charge on any atom is -0.380 e. The third-order valence-electron chi connectivity index (χ3n) is 3.10. The summed E-state index contributed by atoms with van der Waals surface area (Å²) in [6.45, 7) is 10.4. The van der Waals surface area contributed by atoms with Gasteiger partial charge in [-0.1, -0.05) is 20.8 Å². The van der Waals surface area contributed by atoms with E-state index in [1.54, 1.807) is 0 Å². The summed E-state index contributed by atoms with van der Waals surface area (Å²) in [5, 5.41) is 0. The van der Waals surface area contributed by atoms with Gasteiger partial charge in [0.15, 0.2) is 0 Å². The van der Waals surface area contributed by atoms with E-state index in [1.807, 2.05) is 6.92 Å². The quantitative estimate of drug-likeness (QED) is 0.343. The largest absolute Gasteiger partial charge is 0.380 e. The van der Waals surface area contributed by atoms with Crippen LogP contribution in [0.15, 0.2) is 0 Å². The van der Waals surface area contributed by atoms with Gasteiger partial charge in [-0.05, 0) is 26.2 Å². The molecule has 0 rings (SSSR count). The topological polar surface area (TPSA) is 56.5 Å². The van der Waals surface area contributed by atoms with E-state index >= 15 is 0 Å². The van der Waals surface area contributed by atoms with Crippen LogP contribution in [0, 0.1) is 0 Å². The fraction of sp³-hybridized carbons (Fsp3) is 1.00. The maximum Gasteiger partial charge on any atom is 0.0865 e. The van der Waals surface area contributed by atoms with Crippen LogP contribution in [0.3, 0.4) is 0 Å². The van der Waals surface area contributed by atoms with E-state index in [4.69, 9.17) is 15.3 Å². The lowest BCUT2D eigenvalue weighted by atomic mass is 9.89. The van der Waals surface area contributed by atoms with Crippen molar-refractivity contribution in [2.24, 2.45) is 5.84 Å². The van der Waals surface area contributed by atoms with Crippen molar-refractivity contribution in [3.05, 3.63) is 0 Å². The summed E-state index contributed by atoms with van der Waals surface area (Å²) in [6, 6.07) is 0.0500. The summed E-state index contributed by atoms with van der Waals surface area (Å²) >= 11 is 0. The Balaban J connectivity index is 4.43. The van der Waals surface area contributed by atoms with Crippen molar-refractivity contribution in [3.63, 3.8) is 0 Å². The number of nitrogens with one attached hydrogen (secondary N) is 1. The standard InChI is InChI=1S/C12H28N2O2/c1-5-9-15-10-11(14-13)12(6-2,7-3)16-8-4/h11,14H,5-10,13H2,1-4H3. The Bertz CT molecular complexity index is 161. The molecule has 0 fully saturated rings. The van der Waals surface area contributed by atoms with Crippen molar-refractivity contribution in [1.29, 1.82) is 0 Å². The van der Waals surface area contributed by atoms with E-state index in [-0.39, 0.29) is 11.6 Å². The third-order valence-corrected chi connectivity index (χ3v) is 3.10. The van der Waals surface area contributed by atoms with E-state index in [0.29, 0.717) is 13.2 Å². The molecule has 0 aromatic heterocycles. The van der Waals surface area contributed by atoms with Crippen LogP contribution in [0.2, 0.25) is 0 Å². The van der Waals surface area contributed by atoms with Crippen LogP contribution < -0.4 is 11.3 Å². The van der Waals surface area contributed by atoms with Crippen molar-refractivity contribution in [1.82, 2.24) is 5.43 Å². The summed E-state index contributed by atoms with van der Waals surface area (Å²) in [7, 11) is 0. The molecular weight excluding hydrogens is 204 g/mol. The number of ether oxygens (including phenoxy) is 2. The highest BCUT2D eigenvalue weighted by molar-refractivity contribution is 4.90. The Labute approximate surface area is 99.8 Å². The van der Waals surface area contributed by atoms with E-state index in [1.165, 1.54) is 0 Å². The summed E-state index contributed by atoms with van der Waals surface area (Å²) in [4.78, 5) is 0. The van der Waals surface area contributed by atoms with Gasteiger partial charge in [0.1, 0.15) is 0 Å². The zero-order chi connectivity index (χ0) is 12.4. The van der Waals surface area contributed by atoms with Gasteiger partial charge >= 0.3 is 0 Å². The molecule has 16 heavy (non-hydrogen) atoms. The van der Waals surface area contributed by atoms with Crippen LogP contribution in [-0.2, 0) is 9.47 Å². The molecule has 0 aliphatic carbocycles. The fourth-order valence-corrected chi connectivity index (χ4v) is 2.03. The van der Waals surface area contributed by atoms with Gasteiger partial charge in [-0.2, -0.15) is 0 Å². The van der Waals surface area contributed by atoms with Crippen molar-refractivity contribution >= 4 is 0 Å². The molecule has 0 bridgehead atoms. The molecular formula is C12H28N2O2. The van der Waals surface area contributed by atoms with Crippen molar-refractivity contribution in [2.75, 3.05) is 19.8 Å². The lowest BCUT2D eigenvalue weighted by molar-refractivity contribution is -0.0898. The molecule has 0 heterocycles. The molecule has 0 saturated carbocycles. The highest BCUT2D eigenvalue weighted by Crippen LogP contribution is 2.25. The van der Waals surface area contributed by atoms with Crippen molar-refractivity contribution in [3.8, 4) is 0 Å². The van der Waals surface area contributed by atoms with Crippen LogP contribution in [0.25, 0.3) is 0 Å². The molecule has 1 atom stereocenters. The SMILES string of the molecule is CCCOCC(NN)C(CC)(CC)OCC. The molecule has 0 radical (unpaired) electrons. The molecule has 0 aliphatic heterocycles. The monoisotopic (exact) mass is 232 g/mol. The highest BCUT2D eigenvalue weighted by Gasteiger charge is 2.35. The molecule has 98 valence electrons. The summed E-state index contributed by atoms with van der Waals surface area (Å²) in [5.74, 6) is 5.61. The molecule has 4 nitrogen and oxygen atoms in total. The predicted octanol–water partition coefficient (Wildman–Crippen LogP) is 1.84. The first kappa shape index (κ1) is 15.8. The van der Waals surface area contributed by atoms with Gasteiger partial charge in [0.2, 0.25) is 0 Å². The first-order valence-electron chi connectivity index (χ1n) is 6.38. The van der Waals surface area contributed by atoms with Crippen molar-refractivity contribution < 1.29 is 9.47 Å². The number of rotatable bonds is 10. The molecule has 0 aromatic carbocycles. The molecule has 0 amide bonds. The lowest BCUT2D eigenvalue weighted by Crippen LogP contribution is -2.56.